The molecule has 1 atom stereocenters. The molecule has 16 heavy (non-hydrogen) atoms. The number of hydrogen-bond donors (Lipinski definition) is 1. The summed E-state index contributed by atoms with van der Waals surface area (Å²) >= 11 is 0. The van der Waals surface area contributed by atoms with Gasteiger partial charge in [-0.15, -0.1) is 0 Å². The molecule has 1 saturated heterocycles. The molecule has 0 saturated carbocycles. The van der Waals surface area contributed by atoms with Gasteiger partial charge in [-0.05, 0) is 45.0 Å². The molecule has 1 heterocycles. The molecule has 2 rings (SSSR count). The summed E-state index contributed by atoms with van der Waals surface area (Å²) in [5.74, 6) is -0.145. The Balaban J connectivity index is 2.08. The maximum Gasteiger partial charge on any atom is 0.146 e. The third-order valence-electron chi connectivity index (χ3n) is 3.19. The third-order valence-corrected chi connectivity index (χ3v) is 3.19. The average molecular weight is 222 g/mol. The van der Waals surface area contributed by atoms with E-state index in [1.807, 2.05) is 13.0 Å². The molecule has 0 radical (unpaired) electrons. The van der Waals surface area contributed by atoms with E-state index in [1.54, 1.807) is 6.07 Å². The summed E-state index contributed by atoms with van der Waals surface area (Å²) in [6.07, 6.45) is 2.31. The molecule has 1 aliphatic rings. The number of anilines is 1. The van der Waals surface area contributed by atoms with E-state index >= 15 is 0 Å². The van der Waals surface area contributed by atoms with Crippen LogP contribution in [0.2, 0.25) is 0 Å². The van der Waals surface area contributed by atoms with Crippen LogP contribution in [0.25, 0.3) is 0 Å². The zero-order valence-corrected chi connectivity index (χ0v) is 9.96. The molecular formula is C13H19FN2. The Hall–Kier alpha value is -1.09. The second kappa shape index (κ2) is 4.83. The lowest BCUT2D eigenvalue weighted by molar-refractivity contribution is 0.260. The van der Waals surface area contributed by atoms with Crippen molar-refractivity contribution in [1.82, 2.24) is 4.90 Å². The number of nitrogens with one attached hydrogen (secondary N) is 1. The van der Waals surface area contributed by atoms with Gasteiger partial charge in [-0.1, -0.05) is 12.1 Å². The first-order chi connectivity index (χ1) is 7.66. The summed E-state index contributed by atoms with van der Waals surface area (Å²) in [6, 6.07) is 5.58. The standard InChI is InChI=1S/C13H19FN2/c1-10-5-3-7-12(14)13(10)15-11-6-4-8-16(2)9-11/h3,5,7,11,15H,4,6,8-9H2,1-2H3. The second-order valence-corrected chi connectivity index (χ2v) is 4.68. The highest BCUT2D eigenvalue weighted by Crippen LogP contribution is 2.22. The normalized spacial score (nSPS) is 22.1. The highest BCUT2D eigenvalue weighted by atomic mass is 19.1. The number of aryl methyl sites for hydroxylation is 1. The summed E-state index contributed by atoms with van der Waals surface area (Å²) in [4.78, 5) is 2.29. The lowest BCUT2D eigenvalue weighted by Crippen LogP contribution is -2.40. The van der Waals surface area contributed by atoms with E-state index in [0.717, 1.165) is 25.1 Å². The van der Waals surface area contributed by atoms with Gasteiger partial charge in [-0.3, -0.25) is 0 Å². The van der Waals surface area contributed by atoms with Crippen molar-refractivity contribution in [2.45, 2.75) is 25.8 Å². The van der Waals surface area contributed by atoms with E-state index in [-0.39, 0.29) is 5.82 Å². The van der Waals surface area contributed by atoms with Crippen molar-refractivity contribution in [3.8, 4) is 0 Å². The molecule has 3 heteroatoms. The Morgan fingerprint density at radius 2 is 2.25 bits per heavy atom. The third kappa shape index (κ3) is 2.53. The number of piperidine rings is 1. The van der Waals surface area contributed by atoms with Crippen LogP contribution in [0.4, 0.5) is 10.1 Å². The molecule has 1 aliphatic heterocycles. The smallest absolute Gasteiger partial charge is 0.146 e. The summed E-state index contributed by atoms with van der Waals surface area (Å²) < 4.78 is 13.6. The molecule has 0 aromatic heterocycles. The second-order valence-electron chi connectivity index (χ2n) is 4.68. The number of halogens is 1. The highest BCUT2D eigenvalue weighted by Gasteiger charge is 2.18. The Morgan fingerprint density at radius 1 is 1.44 bits per heavy atom. The monoisotopic (exact) mass is 222 g/mol. The van der Waals surface area contributed by atoms with Crippen molar-refractivity contribution in [1.29, 1.82) is 0 Å². The van der Waals surface area contributed by atoms with Crippen LogP contribution >= 0.6 is 0 Å². The first-order valence-electron chi connectivity index (χ1n) is 5.87. The number of nitrogens with zero attached hydrogens (tertiary/aromatic N) is 1. The molecule has 1 aromatic carbocycles. The summed E-state index contributed by atoms with van der Waals surface area (Å²) in [5, 5.41) is 3.33. The highest BCUT2D eigenvalue weighted by molar-refractivity contribution is 5.52. The SMILES string of the molecule is Cc1cccc(F)c1NC1CCCN(C)C1. The van der Waals surface area contributed by atoms with Gasteiger partial charge in [0.1, 0.15) is 5.82 Å². The number of likely N-dealkylation sites (N-methyl/N-ethyl adjacent to an activating group) is 1. The van der Waals surface area contributed by atoms with E-state index in [2.05, 4.69) is 17.3 Å². The van der Waals surface area contributed by atoms with Gasteiger partial charge < -0.3 is 10.2 Å². The van der Waals surface area contributed by atoms with Crippen LogP contribution in [0.3, 0.4) is 0 Å². The molecule has 0 amide bonds. The van der Waals surface area contributed by atoms with E-state index in [0.29, 0.717) is 11.7 Å². The first-order valence-corrected chi connectivity index (χ1v) is 5.87. The van der Waals surface area contributed by atoms with Crippen LogP contribution < -0.4 is 5.32 Å². The predicted molar refractivity (Wildman–Crippen MR) is 65.3 cm³/mol. The number of benzene rings is 1. The van der Waals surface area contributed by atoms with Crippen molar-refractivity contribution in [3.63, 3.8) is 0 Å². The van der Waals surface area contributed by atoms with Crippen molar-refractivity contribution < 1.29 is 4.39 Å². The predicted octanol–water partition coefficient (Wildman–Crippen LogP) is 2.64. The topological polar surface area (TPSA) is 15.3 Å². The Kier molecular flexibility index (Phi) is 3.44. The van der Waals surface area contributed by atoms with Gasteiger partial charge in [0.2, 0.25) is 0 Å². The molecule has 1 aromatic rings. The van der Waals surface area contributed by atoms with Crippen LogP contribution in [0, 0.1) is 12.7 Å². The average Bonchev–Trinajstić information content (AvgIpc) is 2.24. The van der Waals surface area contributed by atoms with Crippen LogP contribution in [0.15, 0.2) is 18.2 Å². The van der Waals surface area contributed by atoms with Gasteiger partial charge >= 0.3 is 0 Å². The number of hydrogen-bond acceptors (Lipinski definition) is 2. The Bertz CT molecular complexity index is 345. The maximum atomic E-state index is 13.6. The van der Waals surface area contributed by atoms with Crippen molar-refractivity contribution in [2.75, 3.05) is 25.5 Å². The van der Waals surface area contributed by atoms with E-state index in [1.165, 1.54) is 12.5 Å². The van der Waals surface area contributed by atoms with Crippen LogP contribution in [-0.4, -0.2) is 31.1 Å². The minimum absolute atomic E-state index is 0.145. The quantitative estimate of drug-likeness (QED) is 0.827. The van der Waals surface area contributed by atoms with Gasteiger partial charge in [0.25, 0.3) is 0 Å². The molecular weight excluding hydrogens is 203 g/mol. The van der Waals surface area contributed by atoms with Gasteiger partial charge in [0.05, 0.1) is 5.69 Å². The molecule has 2 nitrogen and oxygen atoms in total. The minimum atomic E-state index is -0.145. The minimum Gasteiger partial charge on any atom is -0.378 e. The summed E-state index contributed by atoms with van der Waals surface area (Å²) in [6.45, 7) is 4.08. The summed E-state index contributed by atoms with van der Waals surface area (Å²) in [5.41, 5.74) is 1.65. The van der Waals surface area contributed by atoms with Crippen LogP contribution in [0.1, 0.15) is 18.4 Å². The van der Waals surface area contributed by atoms with E-state index < -0.39 is 0 Å². The fourth-order valence-corrected chi connectivity index (χ4v) is 2.30. The zero-order valence-electron chi connectivity index (χ0n) is 9.96. The van der Waals surface area contributed by atoms with Crippen molar-refractivity contribution >= 4 is 5.69 Å². The fourth-order valence-electron chi connectivity index (χ4n) is 2.30. The lowest BCUT2D eigenvalue weighted by Gasteiger charge is -2.31. The molecule has 0 spiro atoms. The van der Waals surface area contributed by atoms with Gasteiger partial charge in [-0.2, -0.15) is 0 Å². The largest absolute Gasteiger partial charge is 0.378 e. The summed E-state index contributed by atoms with van der Waals surface area (Å²) in [7, 11) is 2.11. The van der Waals surface area contributed by atoms with Gasteiger partial charge in [0, 0.05) is 12.6 Å². The van der Waals surface area contributed by atoms with Gasteiger partial charge in [0.15, 0.2) is 0 Å². The molecule has 1 N–H and O–H groups in total. The van der Waals surface area contributed by atoms with Crippen LogP contribution in [-0.2, 0) is 0 Å². The molecule has 1 fully saturated rings. The molecule has 0 bridgehead atoms. The van der Waals surface area contributed by atoms with Gasteiger partial charge in [-0.25, -0.2) is 4.39 Å². The number of rotatable bonds is 2. The van der Waals surface area contributed by atoms with E-state index in [4.69, 9.17) is 0 Å². The zero-order chi connectivity index (χ0) is 11.5. The number of para-hydroxylation sites is 1. The molecule has 88 valence electrons. The number of likely N-dealkylation sites (tertiary alicyclic amines) is 1. The van der Waals surface area contributed by atoms with Crippen molar-refractivity contribution in [2.24, 2.45) is 0 Å². The Labute approximate surface area is 96.5 Å². The Morgan fingerprint density at radius 3 is 2.94 bits per heavy atom. The van der Waals surface area contributed by atoms with Crippen LogP contribution in [0.5, 0.6) is 0 Å². The van der Waals surface area contributed by atoms with E-state index in [9.17, 15) is 4.39 Å². The molecule has 1 unspecified atom stereocenters. The lowest BCUT2D eigenvalue weighted by atomic mass is 10.1. The first kappa shape index (κ1) is 11.4. The van der Waals surface area contributed by atoms with Crippen molar-refractivity contribution in [3.05, 3.63) is 29.6 Å². The molecule has 0 aliphatic carbocycles. The maximum absolute atomic E-state index is 13.6. The fraction of sp³-hybridized carbons (Fsp3) is 0.538.